The first-order valence-electron chi connectivity index (χ1n) is 9.47. The fourth-order valence-electron chi connectivity index (χ4n) is 2.55. The highest BCUT2D eigenvalue weighted by Crippen LogP contribution is 2.12. The second-order valence-electron chi connectivity index (χ2n) is 6.49. The molecule has 0 amide bonds. The Bertz CT molecular complexity index is 820. The number of hydrogen-bond acceptors (Lipinski definition) is 2. The Balaban J connectivity index is 2.00. The van der Waals surface area contributed by atoms with Gasteiger partial charge in [0.1, 0.15) is 0 Å². The van der Waals surface area contributed by atoms with Gasteiger partial charge in [-0.1, -0.05) is 77.9 Å². The van der Waals surface area contributed by atoms with E-state index in [1.807, 2.05) is 19.3 Å². The molecular formula is C25H30N2. The molecule has 0 aromatic heterocycles. The molecule has 0 spiro atoms. The average Bonchev–Trinajstić information content (AvgIpc) is 2.68. The van der Waals surface area contributed by atoms with Gasteiger partial charge < -0.3 is 10.6 Å². The zero-order valence-corrected chi connectivity index (χ0v) is 16.8. The predicted molar refractivity (Wildman–Crippen MR) is 119 cm³/mol. The minimum Gasteiger partial charge on any atom is -0.384 e. The molecule has 0 aliphatic heterocycles. The summed E-state index contributed by atoms with van der Waals surface area (Å²) >= 11 is 0. The van der Waals surface area contributed by atoms with E-state index in [2.05, 4.69) is 104 Å². The molecule has 0 atom stereocenters. The van der Waals surface area contributed by atoms with Crippen molar-refractivity contribution in [1.82, 2.24) is 10.6 Å². The molecule has 140 valence electrons. The van der Waals surface area contributed by atoms with Crippen molar-refractivity contribution >= 4 is 11.8 Å². The highest BCUT2D eigenvalue weighted by atomic mass is 14.9. The minimum atomic E-state index is 0.879. The summed E-state index contributed by atoms with van der Waals surface area (Å²) in [5, 5.41) is 6.68. The first kappa shape index (κ1) is 20.3. The number of rotatable bonds is 8. The summed E-state index contributed by atoms with van der Waals surface area (Å²) in [7, 11) is 0. The SMILES string of the molecule is C/C=C(\C=C/N/C=C(\NCC)c1ccc(C)cc1)/C=C/c1ccc(C)cc1. The van der Waals surface area contributed by atoms with E-state index in [0.717, 1.165) is 17.8 Å². The van der Waals surface area contributed by atoms with Crippen molar-refractivity contribution in [2.45, 2.75) is 27.7 Å². The molecule has 0 aliphatic rings. The van der Waals surface area contributed by atoms with Crippen molar-refractivity contribution < 1.29 is 0 Å². The Morgan fingerprint density at radius 2 is 1.52 bits per heavy atom. The lowest BCUT2D eigenvalue weighted by molar-refractivity contribution is 0.930. The molecular weight excluding hydrogens is 328 g/mol. The van der Waals surface area contributed by atoms with Gasteiger partial charge in [-0.05, 0) is 50.5 Å². The number of aryl methyl sites for hydroxylation is 2. The van der Waals surface area contributed by atoms with E-state index in [1.165, 1.54) is 22.3 Å². The van der Waals surface area contributed by atoms with Crippen molar-refractivity contribution in [1.29, 1.82) is 0 Å². The average molecular weight is 359 g/mol. The molecule has 0 bridgehead atoms. The van der Waals surface area contributed by atoms with Crippen LogP contribution in [0, 0.1) is 13.8 Å². The predicted octanol–water partition coefficient (Wildman–Crippen LogP) is 5.97. The van der Waals surface area contributed by atoms with Crippen LogP contribution in [-0.4, -0.2) is 6.54 Å². The van der Waals surface area contributed by atoms with Crippen LogP contribution in [-0.2, 0) is 0 Å². The van der Waals surface area contributed by atoms with Crippen LogP contribution >= 0.6 is 0 Å². The smallest absolute Gasteiger partial charge is 0.0576 e. The van der Waals surface area contributed by atoms with Gasteiger partial charge in [0.05, 0.1) is 5.70 Å². The quantitative estimate of drug-likeness (QED) is 0.568. The third kappa shape index (κ3) is 7.02. The van der Waals surface area contributed by atoms with Gasteiger partial charge in [-0.3, -0.25) is 0 Å². The largest absolute Gasteiger partial charge is 0.384 e. The van der Waals surface area contributed by atoms with Crippen molar-refractivity contribution in [3.8, 4) is 0 Å². The van der Waals surface area contributed by atoms with Gasteiger partial charge in [-0.25, -0.2) is 0 Å². The van der Waals surface area contributed by atoms with Crippen LogP contribution in [0.5, 0.6) is 0 Å². The van der Waals surface area contributed by atoms with E-state index in [0.29, 0.717) is 0 Å². The summed E-state index contributed by atoms with van der Waals surface area (Å²) < 4.78 is 0. The van der Waals surface area contributed by atoms with Crippen LogP contribution < -0.4 is 10.6 Å². The van der Waals surface area contributed by atoms with Crippen LogP contribution in [0.25, 0.3) is 11.8 Å². The Morgan fingerprint density at radius 1 is 0.889 bits per heavy atom. The van der Waals surface area contributed by atoms with Crippen LogP contribution in [0.1, 0.15) is 36.1 Å². The summed E-state index contributed by atoms with van der Waals surface area (Å²) in [5.74, 6) is 0. The van der Waals surface area contributed by atoms with Crippen LogP contribution in [0.2, 0.25) is 0 Å². The van der Waals surface area contributed by atoms with Crippen molar-refractivity contribution in [2.75, 3.05) is 6.54 Å². The minimum absolute atomic E-state index is 0.879. The zero-order chi connectivity index (χ0) is 19.5. The second-order valence-corrected chi connectivity index (χ2v) is 6.49. The van der Waals surface area contributed by atoms with Gasteiger partial charge >= 0.3 is 0 Å². The Labute approximate surface area is 164 Å². The molecule has 27 heavy (non-hydrogen) atoms. The molecule has 2 aromatic rings. The van der Waals surface area contributed by atoms with Crippen LogP contribution in [0.3, 0.4) is 0 Å². The van der Waals surface area contributed by atoms with Gasteiger partial charge in [-0.15, -0.1) is 0 Å². The van der Waals surface area contributed by atoms with Crippen molar-refractivity contribution in [3.63, 3.8) is 0 Å². The molecule has 0 fully saturated rings. The molecule has 2 rings (SSSR count). The van der Waals surface area contributed by atoms with Gasteiger partial charge in [0.15, 0.2) is 0 Å². The molecule has 0 heterocycles. The van der Waals surface area contributed by atoms with E-state index in [-0.39, 0.29) is 0 Å². The molecule has 0 saturated heterocycles. The zero-order valence-electron chi connectivity index (χ0n) is 16.8. The van der Waals surface area contributed by atoms with Crippen molar-refractivity contribution in [3.05, 3.63) is 107 Å². The summed E-state index contributed by atoms with van der Waals surface area (Å²) in [6.07, 6.45) is 12.4. The number of nitrogens with one attached hydrogen (secondary N) is 2. The van der Waals surface area contributed by atoms with E-state index < -0.39 is 0 Å². The molecule has 0 radical (unpaired) electrons. The lowest BCUT2D eigenvalue weighted by atomic mass is 10.1. The first-order chi connectivity index (χ1) is 13.1. The van der Waals surface area contributed by atoms with Gasteiger partial charge in [0.2, 0.25) is 0 Å². The highest BCUT2D eigenvalue weighted by molar-refractivity contribution is 5.64. The van der Waals surface area contributed by atoms with E-state index in [4.69, 9.17) is 0 Å². The number of hydrogen-bond donors (Lipinski definition) is 2. The van der Waals surface area contributed by atoms with Gasteiger partial charge in [0, 0.05) is 18.9 Å². The molecule has 0 unspecified atom stereocenters. The molecule has 2 nitrogen and oxygen atoms in total. The molecule has 2 heteroatoms. The fourth-order valence-corrected chi connectivity index (χ4v) is 2.55. The topological polar surface area (TPSA) is 24.1 Å². The Kier molecular flexibility index (Phi) is 8.18. The van der Waals surface area contributed by atoms with Crippen LogP contribution in [0.15, 0.2) is 84.7 Å². The Morgan fingerprint density at radius 3 is 2.11 bits per heavy atom. The monoisotopic (exact) mass is 358 g/mol. The van der Waals surface area contributed by atoms with E-state index in [9.17, 15) is 0 Å². The van der Waals surface area contributed by atoms with E-state index >= 15 is 0 Å². The summed E-state index contributed by atoms with van der Waals surface area (Å²) in [4.78, 5) is 0. The molecule has 0 aliphatic carbocycles. The fraction of sp³-hybridized carbons (Fsp3) is 0.200. The third-order valence-electron chi connectivity index (χ3n) is 4.21. The lowest BCUT2D eigenvalue weighted by Gasteiger charge is -2.10. The standard InChI is InChI=1S/C25H30N2/c1-5-22(13-14-23-11-7-20(3)8-12-23)17-18-26-19-25(27-6-2)24-15-9-21(4)10-16-24/h5,7-19,26-27H,6H2,1-4H3/b14-13+,18-17-,22-5-,25-19-. The summed E-state index contributed by atoms with van der Waals surface area (Å²) in [5.41, 5.74) is 7.15. The molecule has 2 aromatic carbocycles. The maximum absolute atomic E-state index is 3.41. The number of benzene rings is 2. The van der Waals surface area contributed by atoms with Crippen LogP contribution in [0.4, 0.5) is 0 Å². The second kappa shape index (κ2) is 10.9. The van der Waals surface area contributed by atoms with Gasteiger partial charge in [0.25, 0.3) is 0 Å². The maximum Gasteiger partial charge on any atom is 0.0576 e. The summed E-state index contributed by atoms with van der Waals surface area (Å²) in [6, 6.07) is 17.1. The third-order valence-corrected chi connectivity index (χ3v) is 4.21. The maximum atomic E-state index is 3.41. The molecule has 2 N–H and O–H groups in total. The number of allylic oxidation sites excluding steroid dienone is 4. The normalized spacial score (nSPS) is 12.7. The Hall–Kier alpha value is -3.00. The van der Waals surface area contributed by atoms with Gasteiger partial charge in [-0.2, -0.15) is 0 Å². The molecule has 0 saturated carbocycles. The highest BCUT2D eigenvalue weighted by Gasteiger charge is 1.98. The summed E-state index contributed by atoms with van der Waals surface area (Å²) in [6.45, 7) is 9.23. The van der Waals surface area contributed by atoms with E-state index in [1.54, 1.807) is 0 Å². The van der Waals surface area contributed by atoms with Crippen molar-refractivity contribution in [2.24, 2.45) is 0 Å². The lowest BCUT2D eigenvalue weighted by Crippen LogP contribution is -2.13. The first-order valence-corrected chi connectivity index (χ1v) is 9.47.